The van der Waals surface area contributed by atoms with E-state index in [4.69, 9.17) is 10.00 Å². The van der Waals surface area contributed by atoms with Crippen LogP contribution in [0.15, 0.2) is 61.2 Å². The highest BCUT2D eigenvalue weighted by Gasteiger charge is 2.30. The predicted octanol–water partition coefficient (Wildman–Crippen LogP) is 4.12. The van der Waals surface area contributed by atoms with E-state index in [1.807, 2.05) is 54.6 Å². The zero-order valence-corrected chi connectivity index (χ0v) is 19.4. The number of carbonyl (C=O) groups excluding carboxylic acids is 2. The van der Waals surface area contributed by atoms with Gasteiger partial charge in [-0.1, -0.05) is 54.6 Å². The minimum absolute atomic E-state index is 0.0488. The number of carbonyl (C=O) groups is 3. The molecular weight excluding hydrogens is 446 g/mol. The number of nitrogens with one attached hydrogen (secondary N) is 2. The van der Waals surface area contributed by atoms with Gasteiger partial charge in [-0.2, -0.15) is 5.26 Å². The first-order chi connectivity index (χ1) is 17.0. The number of nitrogens with zero attached hydrogens (tertiary/aromatic N) is 1. The summed E-state index contributed by atoms with van der Waals surface area (Å²) < 4.78 is 5.53. The molecule has 8 heteroatoms. The average Bonchev–Trinajstić information content (AvgIpc) is 3.18. The van der Waals surface area contributed by atoms with Crippen LogP contribution in [0.2, 0.25) is 0 Å². The van der Waals surface area contributed by atoms with Gasteiger partial charge in [0.1, 0.15) is 18.7 Å². The summed E-state index contributed by atoms with van der Waals surface area (Å²) in [6.45, 7) is 3.61. The molecule has 0 spiro atoms. The minimum atomic E-state index is -1.19. The average molecular weight is 476 g/mol. The largest absolute Gasteiger partial charge is 0.480 e. The smallest absolute Gasteiger partial charge is 0.407 e. The van der Waals surface area contributed by atoms with E-state index in [1.54, 1.807) is 0 Å². The number of hydrogen-bond donors (Lipinski definition) is 3. The quantitative estimate of drug-likeness (QED) is 0.313. The molecule has 0 fully saturated rings. The summed E-state index contributed by atoms with van der Waals surface area (Å²) in [4.78, 5) is 36.9. The summed E-state index contributed by atoms with van der Waals surface area (Å²) in [6, 6.07) is 15.8. The lowest BCUT2D eigenvalue weighted by Gasteiger charge is -2.21. The molecule has 2 atom stereocenters. The highest BCUT2D eigenvalue weighted by molar-refractivity contribution is 5.89. The van der Waals surface area contributed by atoms with E-state index >= 15 is 0 Å². The van der Waals surface area contributed by atoms with Crippen LogP contribution < -0.4 is 10.6 Å². The number of nitriles is 1. The van der Waals surface area contributed by atoms with E-state index in [1.165, 1.54) is 6.08 Å². The Balaban J connectivity index is 1.66. The summed E-state index contributed by atoms with van der Waals surface area (Å²) in [6.07, 6.45) is 2.33. The van der Waals surface area contributed by atoms with Crippen LogP contribution in [0.1, 0.15) is 49.1 Å². The van der Waals surface area contributed by atoms with Crippen LogP contribution >= 0.6 is 0 Å². The van der Waals surface area contributed by atoms with E-state index in [2.05, 4.69) is 17.2 Å². The van der Waals surface area contributed by atoms with Gasteiger partial charge < -0.3 is 20.5 Å². The molecule has 1 aliphatic rings. The van der Waals surface area contributed by atoms with Crippen molar-refractivity contribution in [2.24, 2.45) is 0 Å². The third-order valence-corrected chi connectivity index (χ3v) is 6.00. The van der Waals surface area contributed by atoms with Crippen LogP contribution in [-0.2, 0) is 14.3 Å². The fourth-order valence-electron chi connectivity index (χ4n) is 4.26. The number of rotatable bonds is 12. The molecule has 182 valence electrons. The van der Waals surface area contributed by atoms with Crippen LogP contribution in [0.4, 0.5) is 4.79 Å². The number of alkyl carbamates (subject to hydrolysis) is 1. The maximum Gasteiger partial charge on any atom is 0.407 e. The Morgan fingerprint density at radius 1 is 1.03 bits per heavy atom. The predicted molar refractivity (Wildman–Crippen MR) is 130 cm³/mol. The first-order valence-corrected chi connectivity index (χ1v) is 11.6. The van der Waals surface area contributed by atoms with Crippen molar-refractivity contribution in [2.75, 3.05) is 6.61 Å². The van der Waals surface area contributed by atoms with Crippen molar-refractivity contribution in [1.29, 1.82) is 5.26 Å². The molecule has 2 aromatic rings. The standard InChI is InChI=1S/C27H29N3O5/c1-2-10-24(26(32)33)29-25(31)23(15-4-3-9-16-28)30-27(34)35-17-22-20-13-7-5-11-18(20)19-12-6-8-14-21(19)22/h2,5-8,11-14,22-24H,1,3-4,9-10,15,17H2,(H,29,31)(H,30,34)(H,32,33). The van der Waals surface area contributed by atoms with Gasteiger partial charge in [-0.15, -0.1) is 6.58 Å². The van der Waals surface area contributed by atoms with Gasteiger partial charge in [-0.25, -0.2) is 9.59 Å². The van der Waals surface area contributed by atoms with Gasteiger partial charge in [0.05, 0.1) is 6.07 Å². The van der Waals surface area contributed by atoms with E-state index in [-0.39, 0.29) is 25.4 Å². The van der Waals surface area contributed by atoms with Crippen molar-refractivity contribution in [2.45, 2.75) is 50.1 Å². The molecule has 0 aliphatic heterocycles. The normalized spacial score (nSPS) is 13.5. The van der Waals surface area contributed by atoms with E-state index in [9.17, 15) is 19.5 Å². The first-order valence-electron chi connectivity index (χ1n) is 11.6. The molecule has 0 radical (unpaired) electrons. The molecule has 3 rings (SSSR count). The molecule has 3 N–H and O–H groups in total. The third-order valence-electron chi connectivity index (χ3n) is 6.00. The number of fused-ring (bicyclic) bond motifs is 3. The fourth-order valence-corrected chi connectivity index (χ4v) is 4.26. The highest BCUT2D eigenvalue weighted by atomic mass is 16.5. The van der Waals surface area contributed by atoms with Crippen LogP contribution in [-0.4, -0.2) is 41.8 Å². The number of carboxylic acid groups (broad SMARTS) is 1. The summed E-state index contributed by atoms with van der Waals surface area (Å²) in [5.41, 5.74) is 4.35. The Labute approximate surface area is 204 Å². The van der Waals surface area contributed by atoms with Crippen LogP contribution in [0, 0.1) is 11.3 Å². The molecule has 0 saturated heterocycles. The topological polar surface area (TPSA) is 129 Å². The highest BCUT2D eigenvalue weighted by Crippen LogP contribution is 2.44. The van der Waals surface area contributed by atoms with Gasteiger partial charge in [-0.05, 0) is 47.9 Å². The second kappa shape index (κ2) is 12.4. The molecule has 0 bridgehead atoms. The fraction of sp³-hybridized carbons (Fsp3) is 0.333. The molecule has 0 saturated carbocycles. The van der Waals surface area contributed by atoms with E-state index in [0.717, 1.165) is 22.3 Å². The lowest BCUT2D eigenvalue weighted by Crippen LogP contribution is -2.51. The van der Waals surface area contributed by atoms with Crippen molar-refractivity contribution in [1.82, 2.24) is 10.6 Å². The van der Waals surface area contributed by atoms with Crippen molar-refractivity contribution >= 4 is 18.0 Å². The van der Waals surface area contributed by atoms with Gasteiger partial charge in [0.25, 0.3) is 0 Å². The van der Waals surface area contributed by atoms with E-state index in [0.29, 0.717) is 19.3 Å². The molecular formula is C27H29N3O5. The lowest BCUT2D eigenvalue weighted by atomic mass is 9.98. The second-order valence-corrected chi connectivity index (χ2v) is 8.35. The maximum absolute atomic E-state index is 12.8. The molecule has 1 aliphatic carbocycles. The summed E-state index contributed by atoms with van der Waals surface area (Å²) in [7, 11) is 0. The zero-order chi connectivity index (χ0) is 25.2. The number of aliphatic carboxylic acids is 1. The Morgan fingerprint density at radius 3 is 2.23 bits per heavy atom. The van der Waals surface area contributed by atoms with Crippen LogP contribution in [0.25, 0.3) is 11.1 Å². The number of ether oxygens (including phenoxy) is 1. The molecule has 0 aromatic heterocycles. The zero-order valence-electron chi connectivity index (χ0n) is 19.4. The Hall–Kier alpha value is -4.12. The summed E-state index contributed by atoms with van der Waals surface area (Å²) in [5, 5.41) is 23.1. The SMILES string of the molecule is C=CCC(NC(=O)C(CCCCC#N)NC(=O)OCC1c2ccccc2-c2ccccc21)C(=O)O. The Bertz CT molecular complexity index is 1080. The van der Waals surface area contributed by atoms with Crippen molar-refractivity contribution in [3.63, 3.8) is 0 Å². The van der Waals surface area contributed by atoms with Crippen molar-refractivity contribution in [3.05, 3.63) is 72.3 Å². The monoisotopic (exact) mass is 475 g/mol. The first kappa shape index (κ1) is 25.5. The van der Waals surface area contributed by atoms with Crippen LogP contribution in [0.3, 0.4) is 0 Å². The molecule has 8 nitrogen and oxygen atoms in total. The molecule has 35 heavy (non-hydrogen) atoms. The molecule has 2 unspecified atom stereocenters. The molecule has 0 heterocycles. The van der Waals surface area contributed by atoms with Gasteiger partial charge in [0, 0.05) is 12.3 Å². The number of benzene rings is 2. The Morgan fingerprint density at radius 2 is 1.66 bits per heavy atom. The summed E-state index contributed by atoms with van der Waals surface area (Å²) in [5.74, 6) is -1.94. The van der Waals surface area contributed by atoms with Crippen molar-refractivity contribution in [3.8, 4) is 17.2 Å². The maximum atomic E-state index is 12.8. The van der Waals surface area contributed by atoms with Gasteiger partial charge in [0.2, 0.25) is 5.91 Å². The third kappa shape index (κ3) is 6.48. The molecule has 2 aromatic carbocycles. The molecule has 2 amide bonds. The number of carboxylic acids is 1. The second-order valence-electron chi connectivity index (χ2n) is 8.35. The van der Waals surface area contributed by atoms with Gasteiger partial charge >= 0.3 is 12.1 Å². The Kier molecular flexibility index (Phi) is 9.02. The van der Waals surface area contributed by atoms with Crippen LogP contribution in [0.5, 0.6) is 0 Å². The summed E-state index contributed by atoms with van der Waals surface area (Å²) >= 11 is 0. The lowest BCUT2D eigenvalue weighted by molar-refractivity contribution is -0.142. The number of amides is 2. The van der Waals surface area contributed by atoms with E-state index < -0.39 is 30.1 Å². The minimum Gasteiger partial charge on any atom is -0.480 e. The number of unbranched alkanes of at least 4 members (excludes halogenated alkanes) is 2. The number of hydrogen-bond acceptors (Lipinski definition) is 5. The van der Waals surface area contributed by atoms with Gasteiger partial charge in [-0.3, -0.25) is 4.79 Å². The van der Waals surface area contributed by atoms with Crippen molar-refractivity contribution < 1.29 is 24.2 Å². The van der Waals surface area contributed by atoms with Gasteiger partial charge in [0.15, 0.2) is 0 Å².